The summed E-state index contributed by atoms with van der Waals surface area (Å²) in [6, 6.07) is 0. The van der Waals surface area contributed by atoms with Crippen LogP contribution >= 0.6 is 0 Å². The van der Waals surface area contributed by atoms with Crippen LogP contribution < -0.4 is 5.32 Å². The van der Waals surface area contributed by atoms with E-state index in [-0.39, 0.29) is 12.6 Å². The highest BCUT2D eigenvalue weighted by molar-refractivity contribution is 4.66. The van der Waals surface area contributed by atoms with E-state index in [0.717, 1.165) is 25.9 Å². The highest BCUT2D eigenvalue weighted by Gasteiger charge is 2.11. The predicted octanol–water partition coefficient (Wildman–Crippen LogP) is 0.970. The molecule has 0 amide bonds. The van der Waals surface area contributed by atoms with Gasteiger partial charge in [0.25, 0.3) is 0 Å². The van der Waals surface area contributed by atoms with Crippen molar-refractivity contribution in [3.63, 3.8) is 0 Å². The molecule has 1 rings (SSSR count). The molecule has 0 aromatic carbocycles. The SMILES string of the molecule is FCC1CCC[N]C1. The number of rotatable bonds is 1. The molecule has 1 heterocycles. The van der Waals surface area contributed by atoms with Gasteiger partial charge in [-0.2, -0.15) is 0 Å². The summed E-state index contributed by atoms with van der Waals surface area (Å²) in [7, 11) is 0. The van der Waals surface area contributed by atoms with Gasteiger partial charge < -0.3 is 0 Å². The molecule has 8 heavy (non-hydrogen) atoms. The molecule has 1 unspecified atom stereocenters. The van der Waals surface area contributed by atoms with Gasteiger partial charge in [-0.1, -0.05) is 0 Å². The number of hydrogen-bond acceptors (Lipinski definition) is 0. The van der Waals surface area contributed by atoms with Crippen molar-refractivity contribution in [3.05, 3.63) is 0 Å². The molecule has 0 aliphatic carbocycles. The normalized spacial score (nSPS) is 30.4. The van der Waals surface area contributed by atoms with E-state index in [1.54, 1.807) is 0 Å². The second kappa shape index (κ2) is 3.02. The molecule has 1 fully saturated rings. The van der Waals surface area contributed by atoms with Crippen molar-refractivity contribution in [2.75, 3.05) is 19.8 Å². The molecule has 0 bridgehead atoms. The first-order valence-corrected chi connectivity index (χ1v) is 3.12. The second-order valence-corrected chi connectivity index (χ2v) is 2.29. The van der Waals surface area contributed by atoms with Crippen molar-refractivity contribution in [1.29, 1.82) is 0 Å². The highest BCUT2D eigenvalue weighted by Crippen LogP contribution is 2.10. The largest absolute Gasteiger partial charge is 0.251 e. The molecule has 0 spiro atoms. The van der Waals surface area contributed by atoms with Crippen molar-refractivity contribution < 1.29 is 4.39 Å². The third-order valence-electron chi connectivity index (χ3n) is 1.53. The lowest BCUT2D eigenvalue weighted by Crippen LogP contribution is -2.25. The van der Waals surface area contributed by atoms with Gasteiger partial charge in [-0.15, -0.1) is 0 Å². The Balaban J connectivity index is 2.13. The molecule has 1 atom stereocenters. The molecule has 1 nitrogen and oxygen atoms in total. The zero-order valence-electron chi connectivity index (χ0n) is 4.94. The summed E-state index contributed by atoms with van der Waals surface area (Å²) in [5, 5.41) is 4.09. The van der Waals surface area contributed by atoms with Crippen LogP contribution in [0, 0.1) is 5.92 Å². The van der Waals surface area contributed by atoms with E-state index < -0.39 is 0 Å². The number of halogens is 1. The van der Waals surface area contributed by atoms with E-state index >= 15 is 0 Å². The molecule has 1 radical (unpaired) electrons. The monoisotopic (exact) mass is 116 g/mol. The van der Waals surface area contributed by atoms with Crippen molar-refractivity contribution in [1.82, 2.24) is 5.32 Å². The minimum atomic E-state index is -0.177. The van der Waals surface area contributed by atoms with Crippen LogP contribution in [0.5, 0.6) is 0 Å². The Morgan fingerprint density at radius 3 is 2.88 bits per heavy atom. The molecule has 0 saturated carbocycles. The number of hydrogen-bond donors (Lipinski definition) is 0. The Kier molecular flexibility index (Phi) is 2.27. The lowest BCUT2D eigenvalue weighted by Gasteiger charge is -2.17. The lowest BCUT2D eigenvalue weighted by atomic mass is 10.0. The Hall–Kier alpha value is -0.110. The highest BCUT2D eigenvalue weighted by atomic mass is 19.1. The quantitative estimate of drug-likeness (QED) is 0.484. The van der Waals surface area contributed by atoms with Crippen LogP contribution in [0.25, 0.3) is 0 Å². The van der Waals surface area contributed by atoms with Gasteiger partial charge in [-0.25, -0.2) is 5.32 Å². The van der Waals surface area contributed by atoms with E-state index in [2.05, 4.69) is 5.32 Å². The third kappa shape index (κ3) is 1.44. The first-order valence-electron chi connectivity index (χ1n) is 3.12. The zero-order chi connectivity index (χ0) is 5.82. The Morgan fingerprint density at radius 2 is 2.50 bits per heavy atom. The zero-order valence-corrected chi connectivity index (χ0v) is 4.94. The average molecular weight is 116 g/mol. The second-order valence-electron chi connectivity index (χ2n) is 2.29. The van der Waals surface area contributed by atoms with E-state index in [4.69, 9.17) is 0 Å². The van der Waals surface area contributed by atoms with Gasteiger partial charge in [0.05, 0.1) is 6.67 Å². The number of piperidine rings is 1. The summed E-state index contributed by atoms with van der Waals surface area (Å²) < 4.78 is 11.8. The molecule has 0 aromatic rings. The van der Waals surface area contributed by atoms with E-state index in [1.165, 1.54) is 0 Å². The van der Waals surface area contributed by atoms with E-state index in [0.29, 0.717) is 0 Å². The lowest BCUT2D eigenvalue weighted by molar-refractivity contribution is 0.292. The van der Waals surface area contributed by atoms with Gasteiger partial charge in [-0.3, -0.25) is 4.39 Å². The van der Waals surface area contributed by atoms with Gasteiger partial charge in [-0.05, 0) is 12.8 Å². The smallest absolute Gasteiger partial charge is 0.0935 e. The maximum absolute atomic E-state index is 11.8. The standard InChI is InChI=1S/C6H11FN/c7-4-6-2-1-3-8-5-6/h6H,1-5H2. The van der Waals surface area contributed by atoms with Crippen molar-refractivity contribution >= 4 is 0 Å². The predicted molar refractivity (Wildman–Crippen MR) is 30.6 cm³/mol. The molecular formula is C6H11FN. The van der Waals surface area contributed by atoms with Gasteiger partial charge >= 0.3 is 0 Å². The maximum Gasteiger partial charge on any atom is 0.0935 e. The Labute approximate surface area is 49.3 Å². The number of nitrogens with zero attached hydrogens (tertiary/aromatic N) is 1. The third-order valence-corrected chi connectivity index (χ3v) is 1.53. The minimum Gasteiger partial charge on any atom is -0.251 e. The van der Waals surface area contributed by atoms with Crippen LogP contribution in [-0.4, -0.2) is 19.8 Å². The van der Waals surface area contributed by atoms with Crippen LogP contribution in [0.1, 0.15) is 12.8 Å². The molecule has 1 saturated heterocycles. The van der Waals surface area contributed by atoms with E-state index in [1.807, 2.05) is 0 Å². The number of alkyl halides is 1. The summed E-state index contributed by atoms with van der Waals surface area (Å²) >= 11 is 0. The van der Waals surface area contributed by atoms with Gasteiger partial charge in [0.15, 0.2) is 0 Å². The summed E-state index contributed by atoms with van der Waals surface area (Å²) in [5.41, 5.74) is 0. The fourth-order valence-electron chi connectivity index (χ4n) is 0.983. The molecular weight excluding hydrogens is 105 g/mol. The molecule has 2 heteroatoms. The van der Waals surface area contributed by atoms with Crippen LogP contribution in [0.4, 0.5) is 4.39 Å². The topological polar surface area (TPSA) is 14.1 Å². The fourth-order valence-corrected chi connectivity index (χ4v) is 0.983. The van der Waals surface area contributed by atoms with Crippen LogP contribution in [0.3, 0.4) is 0 Å². The Morgan fingerprint density at radius 1 is 1.62 bits per heavy atom. The first kappa shape index (κ1) is 6.02. The Bertz CT molecular complexity index is 59.5. The van der Waals surface area contributed by atoms with Crippen LogP contribution in [0.2, 0.25) is 0 Å². The van der Waals surface area contributed by atoms with Gasteiger partial charge in [0.1, 0.15) is 0 Å². The average Bonchev–Trinajstić information content (AvgIpc) is 1.90. The molecule has 1 aliphatic rings. The van der Waals surface area contributed by atoms with Gasteiger partial charge in [0.2, 0.25) is 0 Å². The molecule has 0 N–H and O–H groups in total. The van der Waals surface area contributed by atoms with Crippen LogP contribution in [0.15, 0.2) is 0 Å². The molecule has 1 aliphatic heterocycles. The van der Waals surface area contributed by atoms with E-state index in [9.17, 15) is 4.39 Å². The maximum atomic E-state index is 11.8. The first-order chi connectivity index (χ1) is 3.93. The summed E-state index contributed by atoms with van der Waals surface area (Å²) in [4.78, 5) is 0. The van der Waals surface area contributed by atoms with Crippen molar-refractivity contribution in [2.45, 2.75) is 12.8 Å². The molecule has 0 aromatic heterocycles. The van der Waals surface area contributed by atoms with Gasteiger partial charge in [0, 0.05) is 19.0 Å². The van der Waals surface area contributed by atoms with Crippen LogP contribution in [-0.2, 0) is 0 Å². The van der Waals surface area contributed by atoms with Crippen molar-refractivity contribution in [3.8, 4) is 0 Å². The van der Waals surface area contributed by atoms with Crippen molar-refractivity contribution in [2.24, 2.45) is 5.92 Å². The fraction of sp³-hybridized carbons (Fsp3) is 1.00. The summed E-state index contributed by atoms with van der Waals surface area (Å²) in [5.74, 6) is 0.253. The summed E-state index contributed by atoms with van der Waals surface area (Å²) in [6.07, 6.45) is 2.13. The molecule has 47 valence electrons. The summed E-state index contributed by atoms with van der Waals surface area (Å²) in [6.45, 7) is 1.54. The minimum absolute atomic E-state index is 0.177.